The Morgan fingerprint density at radius 2 is 2.28 bits per heavy atom. The SMILES string of the molecule is COCCNCc1ccnn1CCCS(C)(=O)=O. The fourth-order valence-electron chi connectivity index (χ4n) is 1.58. The standard InChI is InChI=1S/C11H21N3O3S/c1-17-8-6-12-10-11-4-5-13-14(11)7-3-9-18(2,15)16/h4-5,12H,3,6-10H2,1-2H3. The Morgan fingerprint density at radius 3 is 2.94 bits per heavy atom. The molecule has 0 amide bonds. The maximum atomic E-state index is 11.0. The fraction of sp³-hybridized carbons (Fsp3) is 0.727. The van der Waals surface area contributed by atoms with Crippen LogP contribution in [0.1, 0.15) is 12.1 Å². The summed E-state index contributed by atoms with van der Waals surface area (Å²) in [6.07, 6.45) is 3.57. The molecule has 0 spiro atoms. The normalized spacial score (nSPS) is 11.9. The molecule has 1 heterocycles. The minimum absolute atomic E-state index is 0.198. The van der Waals surface area contributed by atoms with Crippen LogP contribution in [0.25, 0.3) is 0 Å². The van der Waals surface area contributed by atoms with Gasteiger partial charge in [0.1, 0.15) is 9.84 Å². The zero-order valence-electron chi connectivity index (χ0n) is 10.9. The molecule has 6 nitrogen and oxygen atoms in total. The zero-order chi connectivity index (χ0) is 13.4. The van der Waals surface area contributed by atoms with Gasteiger partial charge >= 0.3 is 0 Å². The van der Waals surface area contributed by atoms with Crippen molar-refractivity contribution in [3.05, 3.63) is 18.0 Å². The first-order valence-corrected chi connectivity index (χ1v) is 7.97. The highest BCUT2D eigenvalue weighted by Gasteiger charge is 2.05. The van der Waals surface area contributed by atoms with E-state index in [1.165, 1.54) is 6.26 Å². The van der Waals surface area contributed by atoms with Crippen molar-refractivity contribution in [1.82, 2.24) is 15.1 Å². The molecule has 104 valence electrons. The number of nitrogens with one attached hydrogen (secondary N) is 1. The van der Waals surface area contributed by atoms with Crippen LogP contribution in [-0.2, 0) is 27.7 Å². The van der Waals surface area contributed by atoms with Gasteiger partial charge in [-0.3, -0.25) is 4.68 Å². The Morgan fingerprint density at radius 1 is 1.50 bits per heavy atom. The van der Waals surface area contributed by atoms with E-state index >= 15 is 0 Å². The molecule has 0 aliphatic rings. The van der Waals surface area contributed by atoms with Crippen LogP contribution >= 0.6 is 0 Å². The summed E-state index contributed by atoms with van der Waals surface area (Å²) in [4.78, 5) is 0. The highest BCUT2D eigenvalue weighted by atomic mass is 32.2. The Kier molecular flexibility index (Phi) is 6.31. The topological polar surface area (TPSA) is 73.2 Å². The largest absolute Gasteiger partial charge is 0.383 e. The molecule has 0 aromatic carbocycles. The third kappa shape index (κ3) is 6.13. The highest BCUT2D eigenvalue weighted by Crippen LogP contribution is 2.01. The van der Waals surface area contributed by atoms with E-state index in [2.05, 4.69) is 10.4 Å². The average Bonchev–Trinajstić information content (AvgIpc) is 2.71. The molecular weight excluding hydrogens is 254 g/mol. The highest BCUT2D eigenvalue weighted by molar-refractivity contribution is 7.90. The monoisotopic (exact) mass is 275 g/mol. The van der Waals surface area contributed by atoms with Gasteiger partial charge in [0, 0.05) is 39.2 Å². The Hall–Kier alpha value is -0.920. The molecule has 0 bridgehead atoms. The zero-order valence-corrected chi connectivity index (χ0v) is 11.7. The van der Waals surface area contributed by atoms with Crippen molar-refractivity contribution in [1.29, 1.82) is 0 Å². The van der Waals surface area contributed by atoms with Crippen molar-refractivity contribution in [2.75, 3.05) is 32.3 Å². The van der Waals surface area contributed by atoms with E-state index in [0.29, 0.717) is 26.1 Å². The molecule has 0 unspecified atom stereocenters. The molecule has 0 fully saturated rings. The van der Waals surface area contributed by atoms with Crippen molar-refractivity contribution < 1.29 is 13.2 Å². The molecule has 1 aromatic rings. The van der Waals surface area contributed by atoms with Gasteiger partial charge in [-0.15, -0.1) is 0 Å². The number of aryl methyl sites for hydroxylation is 1. The summed E-state index contributed by atoms with van der Waals surface area (Å²) in [6, 6.07) is 1.93. The van der Waals surface area contributed by atoms with Gasteiger partial charge in [0.15, 0.2) is 0 Å². The van der Waals surface area contributed by atoms with E-state index in [9.17, 15) is 8.42 Å². The first-order valence-electron chi connectivity index (χ1n) is 5.91. The summed E-state index contributed by atoms with van der Waals surface area (Å²) >= 11 is 0. The smallest absolute Gasteiger partial charge is 0.147 e. The molecule has 0 radical (unpaired) electrons. The van der Waals surface area contributed by atoms with Crippen molar-refractivity contribution in [3.63, 3.8) is 0 Å². The second-order valence-electron chi connectivity index (χ2n) is 4.20. The van der Waals surface area contributed by atoms with E-state index < -0.39 is 9.84 Å². The maximum Gasteiger partial charge on any atom is 0.147 e. The molecule has 1 aromatic heterocycles. The molecule has 0 aliphatic heterocycles. The average molecular weight is 275 g/mol. The van der Waals surface area contributed by atoms with Crippen LogP contribution in [0.15, 0.2) is 12.3 Å². The second kappa shape index (κ2) is 7.50. The van der Waals surface area contributed by atoms with E-state index in [1.807, 2.05) is 10.7 Å². The number of hydrogen-bond donors (Lipinski definition) is 1. The van der Waals surface area contributed by atoms with Gasteiger partial charge in [-0.05, 0) is 12.5 Å². The number of methoxy groups -OCH3 is 1. The first kappa shape index (κ1) is 15.1. The van der Waals surface area contributed by atoms with Crippen LogP contribution in [0.5, 0.6) is 0 Å². The van der Waals surface area contributed by atoms with Gasteiger partial charge in [-0.1, -0.05) is 0 Å². The number of sulfone groups is 1. The minimum Gasteiger partial charge on any atom is -0.383 e. The molecule has 0 saturated carbocycles. The van der Waals surface area contributed by atoms with Crippen LogP contribution in [-0.4, -0.2) is 50.5 Å². The summed E-state index contributed by atoms with van der Waals surface area (Å²) in [5.74, 6) is 0.198. The van der Waals surface area contributed by atoms with E-state index in [1.54, 1.807) is 13.3 Å². The van der Waals surface area contributed by atoms with E-state index in [4.69, 9.17) is 4.74 Å². The molecule has 18 heavy (non-hydrogen) atoms. The molecular formula is C11H21N3O3S. The first-order chi connectivity index (χ1) is 8.53. The summed E-state index contributed by atoms with van der Waals surface area (Å²) in [5.41, 5.74) is 1.06. The predicted octanol–water partition coefficient (Wildman–Crippen LogP) is 0.0538. The second-order valence-corrected chi connectivity index (χ2v) is 6.46. The Balaban J connectivity index is 2.35. The predicted molar refractivity (Wildman–Crippen MR) is 70.1 cm³/mol. The summed E-state index contributed by atoms with van der Waals surface area (Å²) in [6.45, 7) is 2.79. The third-order valence-corrected chi connectivity index (χ3v) is 3.51. The van der Waals surface area contributed by atoms with Gasteiger partial charge in [-0.25, -0.2) is 8.42 Å². The summed E-state index contributed by atoms with van der Waals surface area (Å²) < 4.78 is 28.8. The number of aromatic nitrogens is 2. The lowest BCUT2D eigenvalue weighted by Crippen LogP contribution is -2.21. The van der Waals surface area contributed by atoms with Crippen molar-refractivity contribution in [3.8, 4) is 0 Å². The molecule has 1 rings (SSSR count). The summed E-state index contributed by atoms with van der Waals surface area (Å²) in [5, 5.41) is 7.42. The van der Waals surface area contributed by atoms with Gasteiger partial charge in [0.2, 0.25) is 0 Å². The van der Waals surface area contributed by atoms with Gasteiger partial charge in [0.05, 0.1) is 18.1 Å². The summed E-state index contributed by atoms with van der Waals surface area (Å²) in [7, 11) is -1.22. The van der Waals surface area contributed by atoms with Crippen molar-refractivity contribution in [2.45, 2.75) is 19.5 Å². The number of hydrogen-bond acceptors (Lipinski definition) is 5. The van der Waals surface area contributed by atoms with Crippen LogP contribution in [0.3, 0.4) is 0 Å². The van der Waals surface area contributed by atoms with Crippen molar-refractivity contribution in [2.24, 2.45) is 0 Å². The Bertz CT molecular complexity index is 442. The van der Waals surface area contributed by atoms with Gasteiger partial charge < -0.3 is 10.1 Å². The molecule has 0 atom stereocenters. The molecule has 7 heteroatoms. The van der Waals surface area contributed by atoms with Crippen LogP contribution < -0.4 is 5.32 Å². The van der Waals surface area contributed by atoms with Crippen molar-refractivity contribution >= 4 is 9.84 Å². The van der Waals surface area contributed by atoms with Crippen LogP contribution in [0, 0.1) is 0 Å². The van der Waals surface area contributed by atoms with Gasteiger partial charge in [-0.2, -0.15) is 5.10 Å². The Labute approximate surface area is 108 Å². The quantitative estimate of drug-likeness (QED) is 0.645. The van der Waals surface area contributed by atoms with Gasteiger partial charge in [0.25, 0.3) is 0 Å². The lowest BCUT2D eigenvalue weighted by Gasteiger charge is -2.08. The molecule has 0 aliphatic carbocycles. The molecule has 0 saturated heterocycles. The maximum absolute atomic E-state index is 11.0. The number of ether oxygens (including phenoxy) is 1. The number of rotatable bonds is 9. The third-order valence-electron chi connectivity index (χ3n) is 2.48. The van der Waals surface area contributed by atoms with Crippen LogP contribution in [0.4, 0.5) is 0 Å². The molecule has 1 N–H and O–H groups in total. The minimum atomic E-state index is -2.89. The van der Waals surface area contributed by atoms with E-state index in [-0.39, 0.29) is 5.75 Å². The number of nitrogens with zero attached hydrogens (tertiary/aromatic N) is 2. The lowest BCUT2D eigenvalue weighted by atomic mass is 10.4. The van der Waals surface area contributed by atoms with E-state index in [0.717, 1.165) is 12.2 Å². The lowest BCUT2D eigenvalue weighted by molar-refractivity contribution is 0.199. The fourth-order valence-corrected chi connectivity index (χ4v) is 2.23. The van der Waals surface area contributed by atoms with Crippen LogP contribution in [0.2, 0.25) is 0 Å².